The Balaban J connectivity index is 1.87. The summed E-state index contributed by atoms with van der Waals surface area (Å²) in [6.45, 7) is 1.91. The fourth-order valence-electron chi connectivity index (χ4n) is 3.82. The Hall–Kier alpha value is -3.85. The van der Waals surface area contributed by atoms with Gasteiger partial charge in [-0.15, -0.1) is 0 Å². The minimum absolute atomic E-state index is 0.164. The van der Waals surface area contributed by atoms with Gasteiger partial charge in [0, 0.05) is 22.7 Å². The second-order valence-electron chi connectivity index (χ2n) is 7.35. The van der Waals surface area contributed by atoms with Crippen LogP contribution >= 0.6 is 0 Å². The summed E-state index contributed by atoms with van der Waals surface area (Å²) in [6.07, 6.45) is 3.07. The highest BCUT2D eigenvalue weighted by molar-refractivity contribution is 7.90. The SMILES string of the molecule is COc1ccc2[nH]cc(-c3cc4c(OC)ncnc4n3S(=O)(=O)c3ccc(C)cc3)c2c1. The van der Waals surface area contributed by atoms with Crippen molar-refractivity contribution in [2.75, 3.05) is 14.2 Å². The lowest BCUT2D eigenvalue weighted by Crippen LogP contribution is -2.14. The van der Waals surface area contributed by atoms with E-state index in [1.165, 1.54) is 17.4 Å². The molecule has 0 spiro atoms. The van der Waals surface area contributed by atoms with Crippen LogP contribution in [0.4, 0.5) is 0 Å². The number of ether oxygens (including phenoxy) is 2. The standard InChI is InChI=1S/C23H20N4O4S/c1-14-4-7-16(8-5-14)32(28,29)27-21(11-18-22(27)25-13-26-23(18)31-3)19-12-24-20-9-6-15(30-2)10-17(19)20/h4-13,24H,1-3H3. The van der Waals surface area contributed by atoms with Crippen molar-refractivity contribution in [2.45, 2.75) is 11.8 Å². The first-order chi connectivity index (χ1) is 15.4. The van der Waals surface area contributed by atoms with E-state index in [1.54, 1.807) is 43.6 Å². The van der Waals surface area contributed by atoms with Gasteiger partial charge in [-0.2, -0.15) is 0 Å². The highest BCUT2D eigenvalue weighted by Crippen LogP contribution is 2.38. The van der Waals surface area contributed by atoms with E-state index in [0.29, 0.717) is 28.3 Å². The number of nitrogens with one attached hydrogen (secondary N) is 1. The van der Waals surface area contributed by atoms with Gasteiger partial charge in [0.15, 0.2) is 5.65 Å². The van der Waals surface area contributed by atoms with E-state index in [0.717, 1.165) is 16.5 Å². The van der Waals surface area contributed by atoms with Crippen LogP contribution < -0.4 is 9.47 Å². The van der Waals surface area contributed by atoms with Gasteiger partial charge in [-0.05, 0) is 43.3 Å². The number of methoxy groups -OCH3 is 2. The third-order valence-electron chi connectivity index (χ3n) is 5.44. The number of benzene rings is 2. The summed E-state index contributed by atoms with van der Waals surface area (Å²) in [7, 11) is -0.899. The van der Waals surface area contributed by atoms with Crippen LogP contribution in [-0.2, 0) is 10.0 Å². The molecule has 0 unspecified atom stereocenters. The van der Waals surface area contributed by atoms with Crippen LogP contribution in [0.5, 0.6) is 11.6 Å². The van der Waals surface area contributed by atoms with Gasteiger partial charge >= 0.3 is 0 Å². The minimum Gasteiger partial charge on any atom is -0.497 e. The molecule has 0 amide bonds. The number of H-pyrrole nitrogens is 1. The van der Waals surface area contributed by atoms with Crippen LogP contribution in [0, 0.1) is 6.92 Å². The summed E-state index contributed by atoms with van der Waals surface area (Å²) in [5.41, 5.74) is 3.19. The summed E-state index contributed by atoms with van der Waals surface area (Å²) in [4.78, 5) is 11.8. The lowest BCUT2D eigenvalue weighted by molar-refractivity contribution is 0.402. The summed E-state index contributed by atoms with van der Waals surface area (Å²) in [6, 6.07) is 14.1. The van der Waals surface area contributed by atoms with Gasteiger partial charge in [0.25, 0.3) is 10.0 Å². The molecule has 0 atom stereocenters. The van der Waals surface area contributed by atoms with E-state index in [2.05, 4.69) is 15.0 Å². The van der Waals surface area contributed by atoms with Gasteiger partial charge in [-0.3, -0.25) is 0 Å². The van der Waals surface area contributed by atoms with Crippen molar-refractivity contribution in [3.05, 3.63) is 66.6 Å². The molecule has 5 aromatic rings. The largest absolute Gasteiger partial charge is 0.497 e. The molecule has 8 nitrogen and oxygen atoms in total. The molecule has 3 aromatic heterocycles. The van der Waals surface area contributed by atoms with E-state index in [4.69, 9.17) is 9.47 Å². The first kappa shape index (κ1) is 20.1. The van der Waals surface area contributed by atoms with Crippen molar-refractivity contribution in [1.82, 2.24) is 18.9 Å². The number of hydrogen-bond acceptors (Lipinski definition) is 6. The van der Waals surface area contributed by atoms with Crippen molar-refractivity contribution in [2.24, 2.45) is 0 Å². The third-order valence-corrected chi connectivity index (χ3v) is 7.15. The average Bonchev–Trinajstić information content (AvgIpc) is 3.40. The van der Waals surface area contributed by atoms with Crippen molar-refractivity contribution in [3.8, 4) is 22.9 Å². The van der Waals surface area contributed by atoms with E-state index >= 15 is 0 Å². The van der Waals surface area contributed by atoms with Crippen LogP contribution in [0.3, 0.4) is 0 Å². The maximum atomic E-state index is 13.8. The van der Waals surface area contributed by atoms with Gasteiger partial charge in [0.05, 0.1) is 30.2 Å². The molecule has 0 aliphatic rings. The fraction of sp³-hybridized carbons (Fsp3) is 0.130. The molecule has 162 valence electrons. The van der Waals surface area contributed by atoms with E-state index in [1.807, 2.05) is 25.1 Å². The number of fused-ring (bicyclic) bond motifs is 2. The van der Waals surface area contributed by atoms with Crippen LogP contribution in [0.15, 0.2) is 66.0 Å². The predicted molar refractivity (Wildman–Crippen MR) is 122 cm³/mol. The predicted octanol–water partition coefficient (Wildman–Crippen LogP) is 4.14. The number of aromatic amines is 1. The molecular weight excluding hydrogens is 428 g/mol. The molecule has 32 heavy (non-hydrogen) atoms. The minimum atomic E-state index is -3.98. The van der Waals surface area contributed by atoms with Crippen molar-refractivity contribution < 1.29 is 17.9 Å². The molecule has 9 heteroatoms. The summed E-state index contributed by atoms with van der Waals surface area (Å²) in [5, 5.41) is 1.32. The zero-order chi connectivity index (χ0) is 22.5. The van der Waals surface area contributed by atoms with Crippen LogP contribution in [0.25, 0.3) is 33.2 Å². The molecule has 0 aliphatic carbocycles. The Morgan fingerprint density at radius 3 is 2.44 bits per heavy atom. The van der Waals surface area contributed by atoms with Gasteiger partial charge in [0.2, 0.25) is 5.88 Å². The van der Waals surface area contributed by atoms with Crippen molar-refractivity contribution in [1.29, 1.82) is 0 Å². The Bertz CT molecular complexity index is 1570. The average molecular weight is 449 g/mol. The highest BCUT2D eigenvalue weighted by atomic mass is 32.2. The molecule has 0 aliphatic heterocycles. The normalized spacial score (nSPS) is 11.8. The molecule has 0 saturated carbocycles. The number of aromatic nitrogens is 4. The van der Waals surface area contributed by atoms with Gasteiger partial charge < -0.3 is 14.5 Å². The number of hydrogen-bond donors (Lipinski definition) is 1. The molecule has 2 aromatic carbocycles. The first-order valence-corrected chi connectivity index (χ1v) is 11.3. The van der Waals surface area contributed by atoms with E-state index < -0.39 is 10.0 Å². The van der Waals surface area contributed by atoms with Gasteiger partial charge in [0.1, 0.15) is 12.1 Å². The molecule has 3 heterocycles. The molecule has 0 fully saturated rings. The fourth-order valence-corrected chi connectivity index (χ4v) is 5.29. The lowest BCUT2D eigenvalue weighted by atomic mass is 10.1. The maximum absolute atomic E-state index is 13.8. The smallest absolute Gasteiger partial charge is 0.269 e. The number of rotatable bonds is 5. The summed E-state index contributed by atoms with van der Waals surface area (Å²) < 4.78 is 39.7. The van der Waals surface area contributed by atoms with E-state index in [-0.39, 0.29) is 10.5 Å². The Morgan fingerprint density at radius 2 is 1.72 bits per heavy atom. The zero-order valence-electron chi connectivity index (χ0n) is 17.7. The van der Waals surface area contributed by atoms with Gasteiger partial charge in [-0.1, -0.05) is 17.7 Å². The molecule has 5 rings (SSSR count). The molecule has 0 radical (unpaired) electrons. The second-order valence-corrected chi connectivity index (χ2v) is 9.13. The molecular formula is C23H20N4O4S. The monoisotopic (exact) mass is 448 g/mol. The Morgan fingerprint density at radius 1 is 0.938 bits per heavy atom. The van der Waals surface area contributed by atoms with Crippen molar-refractivity contribution >= 4 is 32.0 Å². The first-order valence-electron chi connectivity index (χ1n) is 9.82. The van der Waals surface area contributed by atoms with Gasteiger partial charge in [-0.25, -0.2) is 22.4 Å². The molecule has 0 saturated heterocycles. The van der Waals surface area contributed by atoms with Crippen LogP contribution in [0.2, 0.25) is 0 Å². The van der Waals surface area contributed by atoms with Crippen LogP contribution in [-0.4, -0.2) is 41.6 Å². The Labute approximate surface area is 184 Å². The van der Waals surface area contributed by atoms with Crippen molar-refractivity contribution in [3.63, 3.8) is 0 Å². The summed E-state index contributed by atoms with van der Waals surface area (Å²) in [5.74, 6) is 0.964. The lowest BCUT2D eigenvalue weighted by Gasteiger charge is -2.12. The number of nitrogens with zero attached hydrogens (tertiary/aromatic N) is 3. The maximum Gasteiger partial charge on any atom is 0.269 e. The third kappa shape index (κ3) is 3.01. The summed E-state index contributed by atoms with van der Waals surface area (Å²) >= 11 is 0. The topological polar surface area (TPSA) is 99.1 Å². The quantitative estimate of drug-likeness (QED) is 0.434. The number of aryl methyl sites for hydroxylation is 1. The Kier molecular flexibility index (Phi) is 4.63. The van der Waals surface area contributed by atoms with E-state index in [9.17, 15) is 8.42 Å². The molecule has 0 bridgehead atoms. The van der Waals surface area contributed by atoms with Crippen LogP contribution in [0.1, 0.15) is 5.56 Å². The zero-order valence-corrected chi connectivity index (χ0v) is 18.5. The second kappa shape index (κ2) is 7.38. The highest BCUT2D eigenvalue weighted by Gasteiger charge is 2.27. The molecule has 1 N–H and O–H groups in total.